The van der Waals surface area contributed by atoms with E-state index in [1.54, 1.807) is 0 Å². The Bertz CT molecular complexity index is 3220. The molecule has 2 aromatic heterocycles. The van der Waals surface area contributed by atoms with Gasteiger partial charge in [0.15, 0.2) is 5.58 Å². The molecule has 268 valence electrons. The molecule has 0 radical (unpaired) electrons. The molecular formula is C53H35N3O. The van der Waals surface area contributed by atoms with E-state index >= 15 is 0 Å². The molecule has 0 N–H and O–H groups in total. The predicted molar refractivity (Wildman–Crippen MR) is 237 cm³/mol. The van der Waals surface area contributed by atoms with Crippen molar-refractivity contribution >= 4 is 60.7 Å². The van der Waals surface area contributed by atoms with Gasteiger partial charge in [-0.05, 0) is 88.8 Å². The highest BCUT2D eigenvalue weighted by Crippen LogP contribution is 2.43. The summed E-state index contributed by atoms with van der Waals surface area (Å²) in [5.74, 6) is 0.615. The first-order chi connectivity index (χ1) is 28.3. The van der Waals surface area contributed by atoms with E-state index in [9.17, 15) is 0 Å². The van der Waals surface area contributed by atoms with Gasteiger partial charge < -0.3 is 13.9 Å². The highest BCUT2D eigenvalue weighted by Gasteiger charge is 2.20. The van der Waals surface area contributed by atoms with Crippen LogP contribution < -0.4 is 4.90 Å². The van der Waals surface area contributed by atoms with Crippen LogP contribution in [0.1, 0.15) is 0 Å². The van der Waals surface area contributed by atoms with E-state index in [1.807, 2.05) is 36.4 Å². The van der Waals surface area contributed by atoms with Crippen molar-refractivity contribution in [2.75, 3.05) is 4.90 Å². The van der Waals surface area contributed by atoms with E-state index in [2.05, 4.69) is 185 Å². The molecule has 11 aromatic rings. The third-order valence-electron chi connectivity index (χ3n) is 11.0. The summed E-state index contributed by atoms with van der Waals surface area (Å²) in [7, 11) is 0. The number of fused-ring (bicyclic) bond motifs is 6. The van der Waals surface area contributed by atoms with Crippen LogP contribution in [0, 0.1) is 0 Å². The Balaban J connectivity index is 1.12. The number of benzene rings is 9. The lowest BCUT2D eigenvalue weighted by atomic mass is 10.0. The summed E-state index contributed by atoms with van der Waals surface area (Å²) < 4.78 is 8.93. The highest BCUT2D eigenvalue weighted by molar-refractivity contribution is 6.19. The second kappa shape index (κ2) is 13.6. The number of rotatable bonds is 7. The van der Waals surface area contributed by atoms with Crippen LogP contribution >= 0.6 is 0 Å². The van der Waals surface area contributed by atoms with Crippen LogP contribution in [-0.2, 0) is 0 Å². The second-order valence-electron chi connectivity index (χ2n) is 14.4. The van der Waals surface area contributed by atoms with E-state index in [-0.39, 0.29) is 0 Å². The van der Waals surface area contributed by atoms with Gasteiger partial charge in [-0.3, -0.25) is 0 Å². The van der Waals surface area contributed by atoms with E-state index in [4.69, 9.17) is 9.40 Å². The minimum absolute atomic E-state index is 0.615. The lowest BCUT2D eigenvalue weighted by Gasteiger charge is -2.26. The molecule has 0 aliphatic rings. The first-order valence-electron chi connectivity index (χ1n) is 19.3. The summed E-state index contributed by atoms with van der Waals surface area (Å²) in [6.45, 7) is 0. The van der Waals surface area contributed by atoms with E-state index in [0.717, 1.165) is 56.1 Å². The van der Waals surface area contributed by atoms with Crippen molar-refractivity contribution in [3.63, 3.8) is 0 Å². The topological polar surface area (TPSA) is 34.2 Å². The highest BCUT2D eigenvalue weighted by atomic mass is 16.3. The third kappa shape index (κ3) is 5.66. The molecule has 0 atom stereocenters. The maximum absolute atomic E-state index is 6.50. The van der Waals surface area contributed by atoms with Crippen LogP contribution in [-0.4, -0.2) is 9.55 Å². The average molecular weight is 730 g/mol. The van der Waals surface area contributed by atoms with Gasteiger partial charge in [0.05, 0.1) is 11.0 Å². The molecule has 9 aromatic carbocycles. The smallest absolute Gasteiger partial charge is 0.227 e. The lowest BCUT2D eigenvalue weighted by molar-refractivity contribution is 0.621. The SMILES string of the molecule is c1ccc(-c2ccc(N(c3cccc(-c4cccc5nc(-c6ccccc6)oc45)c3)c3ccc4c5ccc6ccccc6c5n(-c5ccccc5)c4c3)cc2)cc1. The fraction of sp³-hybridized carbons (Fsp3) is 0. The summed E-state index contributed by atoms with van der Waals surface area (Å²) in [5, 5.41) is 4.90. The summed E-state index contributed by atoms with van der Waals surface area (Å²) in [6.07, 6.45) is 0. The predicted octanol–water partition coefficient (Wildman–Crippen LogP) is 14.5. The van der Waals surface area contributed by atoms with Crippen molar-refractivity contribution < 1.29 is 4.42 Å². The zero-order valence-corrected chi connectivity index (χ0v) is 31.0. The van der Waals surface area contributed by atoms with Crippen molar-refractivity contribution in [2.45, 2.75) is 0 Å². The number of para-hydroxylation sites is 2. The minimum atomic E-state index is 0.615. The summed E-state index contributed by atoms with van der Waals surface area (Å²) in [4.78, 5) is 7.23. The van der Waals surface area contributed by atoms with Gasteiger partial charge in [0.2, 0.25) is 5.89 Å². The van der Waals surface area contributed by atoms with Gasteiger partial charge in [-0.25, -0.2) is 4.98 Å². The number of hydrogen-bond acceptors (Lipinski definition) is 3. The molecule has 11 rings (SSSR count). The Labute approximate surface area is 330 Å². The summed E-state index contributed by atoms with van der Waals surface area (Å²) in [5.41, 5.74) is 13.6. The molecular weight excluding hydrogens is 695 g/mol. The first kappa shape index (κ1) is 32.7. The van der Waals surface area contributed by atoms with Crippen LogP contribution in [0.15, 0.2) is 217 Å². The summed E-state index contributed by atoms with van der Waals surface area (Å²) >= 11 is 0. The standard InChI is InChI=1S/C53H35N3O/c1-4-14-36(15-5-1)37-26-29-42(30-27-37)55(43-22-12-19-40(34-43)46-24-13-25-49-52(46)57-53(54-49)39-17-6-2-7-18-39)44-31-33-47-48-32-28-38-16-10-11-23-45(38)51(48)56(50(47)35-44)41-20-8-3-9-21-41/h1-35H. The van der Waals surface area contributed by atoms with E-state index in [0.29, 0.717) is 5.89 Å². The van der Waals surface area contributed by atoms with Crippen molar-refractivity contribution in [2.24, 2.45) is 0 Å². The van der Waals surface area contributed by atoms with Crippen LogP contribution in [0.4, 0.5) is 17.1 Å². The van der Waals surface area contributed by atoms with Crippen LogP contribution in [0.25, 0.3) is 83.1 Å². The van der Waals surface area contributed by atoms with Gasteiger partial charge in [0.1, 0.15) is 5.52 Å². The molecule has 4 nitrogen and oxygen atoms in total. The molecule has 0 aliphatic carbocycles. The largest absolute Gasteiger partial charge is 0.435 e. The van der Waals surface area contributed by atoms with Gasteiger partial charge in [0.25, 0.3) is 0 Å². The molecule has 57 heavy (non-hydrogen) atoms. The van der Waals surface area contributed by atoms with Crippen molar-refractivity contribution in [3.8, 4) is 39.4 Å². The number of nitrogens with zero attached hydrogens (tertiary/aromatic N) is 3. The van der Waals surface area contributed by atoms with Crippen LogP contribution in [0.2, 0.25) is 0 Å². The number of anilines is 3. The Hall–Kier alpha value is -7.69. The number of oxazole rings is 1. The molecule has 0 unspecified atom stereocenters. The Morgan fingerprint density at radius 2 is 1.05 bits per heavy atom. The fourth-order valence-electron chi connectivity index (χ4n) is 8.32. The van der Waals surface area contributed by atoms with Crippen LogP contribution in [0.3, 0.4) is 0 Å². The molecule has 0 bridgehead atoms. The maximum atomic E-state index is 6.50. The maximum Gasteiger partial charge on any atom is 0.227 e. The van der Waals surface area contributed by atoms with Gasteiger partial charge in [-0.15, -0.1) is 0 Å². The second-order valence-corrected chi connectivity index (χ2v) is 14.4. The Morgan fingerprint density at radius 3 is 1.86 bits per heavy atom. The molecule has 0 fully saturated rings. The molecule has 0 amide bonds. The van der Waals surface area contributed by atoms with Gasteiger partial charge in [-0.2, -0.15) is 0 Å². The van der Waals surface area contributed by atoms with Gasteiger partial charge in [0, 0.05) is 50.0 Å². The average Bonchev–Trinajstić information content (AvgIpc) is 3.88. The van der Waals surface area contributed by atoms with E-state index in [1.165, 1.54) is 38.2 Å². The normalized spacial score (nSPS) is 11.5. The zero-order valence-electron chi connectivity index (χ0n) is 31.0. The number of hydrogen-bond donors (Lipinski definition) is 0. The molecule has 0 spiro atoms. The molecule has 2 heterocycles. The Kier molecular flexibility index (Phi) is 7.78. The van der Waals surface area contributed by atoms with Gasteiger partial charge >= 0.3 is 0 Å². The van der Waals surface area contributed by atoms with Gasteiger partial charge in [-0.1, -0.05) is 146 Å². The lowest BCUT2D eigenvalue weighted by Crippen LogP contribution is -2.10. The quantitative estimate of drug-likeness (QED) is 0.164. The fourth-order valence-corrected chi connectivity index (χ4v) is 8.32. The van der Waals surface area contributed by atoms with Crippen molar-refractivity contribution in [1.82, 2.24) is 9.55 Å². The molecule has 0 saturated heterocycles. The summed E-state index contributed by atoms with van der Waals surface area (Å²) in [6, 6.07) is 75.2. The van der Waals surface area contributed by atoms with E-state index < -0.39 is 0 Å². The number of aromatic nitrogens is 2. The first-order valence-corrected chi connectivity index (χ1v) is 19.3. The molecule has 0 aliphatic heterocycles. The van der Waals surface area contributed by atoms with Crippen LogP contribution in [0.5, 0.6) is 0 Å². The molecule has 4 heteroatoms. The monoisotopic (exact) mass is 729 g/mol. The minimum Gasteiger partial charge on any atom is -0.435 e. The third-order valence-corrected chi connectivity index (χ3v) is 11.0. The van der Waals surface area contributed by atoms with Crippen molar-refractivity contribution in [1.29, 1.82) is 0 Å². The Morgan fingerprint density at radius 1 is 0.421 bits per heavy atom. The van der Waals surface area contributed by atoms with Crippen molar-refractivity contribution in [3.05, 3.63) is 212 Å². The zero-order chi connectivity index (χ0) is 37.7. The molecule has 0 saturated carbocycles.